The van der Waals surface area contributed by atoms with E-state index in [0.29, 0.717) is 17.5 Å². The molecule has 2 aromatic heterocycles. The number of amides is 1. The van der Waals surface area contributed by atoms with E-state index in [4.69, 9.17) is 0 Å². The van der Waals surface area contributed by atoms with Crippen LogP contribution < -0.4 is 16.3 Å². The van der Waals surface area contributed by atoms with Crippen molar-refractivity contribution in [2.75, 3.05) is 11.9 Å². The number of carbonyl (C=O) groups excluding carboxylic acids is 1. The minimum absolute atomic E-state index is 0.0569. The topological polar surface area (TPSA) is 104 Å². The first kappa shape index (κ1) is 10.8. The van der Waals surface area contributed by atoms with Crippen LogP contribution in [0.15, 0.2) is 17.2 Å². The number of anilines is 1. The van der Waals surface area contributed by atoms with E-state index < -0.39 is 0 Å². The number of fused-ring (bicyclic) bond motifs is 1. The van der Waals surface area contributed by atoms with Crippen molar-refractivity contribution in [1.82, 2.24) is 24.9 Å². The van der Waals surface area contributed by atoms with Crippen LogP contribution in [0.2, 0.25) is 0 Å². The Bertz CT molecular complexity index is 641. The molecule has 1 fully saturated rings. The number of nitrogens with one attached hydrogen (secondary N) is 3. The van der Waals surface area contributed by atoms with Crippen molar-refractivity contribution in [3.05, 3.63) is 22.9 Å². The summed E-state index contributed by atoms with van der Waals surface area (Å²) < 4.78 is 1.29. The van der Waals surface area contributed by atoms with Gasteiger partial charge in [-0.3, -0.25) is 4.79 Å². The number of H-pyrrole nitrogens is 1. The molecule has 8 nitrogen and oxygen atoms in total. The van der Waals surface area contributed by atoms with E-state index in [0.717, 1.165) is 12.8 Å². The molecule has 1 amide bonds. The third-order valence-electron chi connectivity index (χ3n) is 2.68. The maximum atomic E-state index is 11.5. The summed E-state index contributed by atoms with van der Waals surface area (Å²) in [7, 11) is 0. The second-order valence-electron chi connectivity index (χ2n) is 4.23. The zero-order chi connectivity index (χ0) is 12.5. The highest BCUT2D eigenvalue weighted by Crippen LogP contribution is 2.18. The van der Waals surface area contributed by atoms with Gasteiger partial charge in [-0.25, -0.2) is 19.3 Å². The van der Waals surface area contributed by atoms with Gasteiger partial charge in [0.25, 0.3) is 0 Å². The van der Waals surface area contributed by atoms with Crippen molar-refractivity contribution < 1.29 is 4.79 Å². The number of nitrogens with zero attached hydrogens (tertiary/aromatic N) is 3. The van der Waals surface area contributed by atoms with Crippen LogP contribution in [0.3, 0.4) is 0 Å². The SMILES string of the molecule is O=C(CNc1cc2n[nH]c(=O)n2cn1)NC1CC1. The summed E-state index contributed by atoms with van der Waals surface area (Å²) in [6.45, 7) is 0.161. The van der Waals surface area contributed by atoms with Gasteiger partial charge in [-0.2, -0.15) is 5.10 Å². The average molecular weight is 248 g/mol. The smallest absolute Gasteiger partial charge is 0.348 e. The summed E-state index contributed by atoms with van der Waals surface area (Å²) in [6, 6.07) is 1.95. The second-order valence-corrected chi connectivity index (χ2v) is 4.23. The molecule has 1 aliphatic rings. The van der Waals surface area contributed by atoms with Crippen LogP contribution in [0.1, 0.15) is 12.8 Å². The van der Waals surface area contributed by atoms with Gasteiger partial charge in [-0.15, -0.1) is 0 Å². The predicted octanol–water partition coefficient (Wildman–Crippen LogP) is -0.892. The van der Waals surface area contributed by atoms with E-state index in [1.165, 1.54) is 10.7 Å². The Hall–Kier alpha value is -2.38. The van der Waals surface area contributed by atoms with Crippen LogP contribution in [0.25, 0.3) is 5.65 Å². The van der Waals surface area contributed by atoms with Crippen molar-refractivity contribution in [3.8, 4) is 0 Å². The molecule has 0 saturated heterocycles. The average Bonchev–Trinajstić information content (AvgIpc) is 3.10. The lowest BCUT2D eigenvalue weighted by Gasteiger charge is -2.05. The summed E-state index contributed by atoms with van der Waals surface area (Å²) in [6.07, 6.45) is 3.49. The van der Waals surface area contributed by atoms with Gasteiger partial charge >= 0.3 is 5.69 Å². The number of aromatic amines is 1. The molecule has 0 spiro atoms. The third-order valence-corrected chi connectivity index (χ3v) is 2.68. The molecule has 3 N–H and O–H groups in total. The Morgan fingerprint density at radius 1 is 1.56 bits per heavy atom. The zero-order valence-corrected chi connectivity index (χ0v) is 9.51. The summed E-state index contributed by atoms with van der Waals surface area (Å²) >= 11 is 0. The first-order chi connectivity index (χ1) is 8.72. The lowest BCUT2D eigenvalue weighted by Crippen LogP contribution is -2.31. The summed E-state index contributed by atoms with van der Waals surface area (Å²) in [4.78, 5) is 26.7. The molecule has 18 heavy (non-hydrogen) atoms. The highest BCUT2D eigenvalue weighted by Gasteiger charge is 2.22. The van der Waals surface area contributed by atoms with E-state index in [1.54, 1.807) is 6.07 Å². The molecule has 94 valence electrons. The summed E-state index contributed by atoms with van der Waals surface area (Å²) in [5, 5.41) is 11.9. The number of hydrogen-bond donors (Lipinski definition) is 3. The van der Waals surface area contributed by atoms with E-state index in [2.05, 4.69) is 25.8 Å². The Morgan fingerprint density at radius 2 is 2.39 bits per heavy atom. The van der Waals surface area contributed by atoms with Crippen molar-refractivity contribution in [3.63, 3.8) is 0 Å². The molecule has 2 aromatic rings. The Kier molecular flexibility index (Phi) is 2.47. The Balaban J connectivity index is 1.66. The molecule has 0 aliphatic heterocycles. The van der Waals surface area contributed by atoms with Gasteiger partial charge in [0.05, 0.1) is 6.54 Å². The molecule has 1 saturated carbocycles. The largest absolute Gasteiger partial charge is 0.361 e. The molecule has 3 rings (SSSR count). The summed E-state index contributed by atoms with van der Waals surface area (Å²) in [5.74, 6) is 0.450. The highest BCUT2D eigenvalue weighted by molar-refractivity contribution is 5.81. The monoisotopic (exact) mass is 248 g/mol. The van der Waals surface area contributed by atoms with Gasteiger partial charge in [0, 0.05) is 12.1 Å². The van der Waals surface area contributed by atoms with Crippen molar-refractivity contribution in [2.24, 2.45) is 0 Å². The normalized spacial score (nSPS) is 14.7. The van der Waals surface area contributed by atoms with Gasteiger partial charge in [-0.1, -0.05) is 0 Å². The minimum atomic E-state index is -0.337. The number of hydrogen-bond acceptors (Lipinski definition) is 5. The molecule has 0 aromatic carbocycles. The molecular formula is C10H12N6O2. The van der Waals surface area contributed by atoms with Crippen LogP contribution in [0.5, 0.6) is 0 Å². The van der Waals surface area contributed by atoms with Gasteiger partial charge in [0.1, 0.15) is 12.1 Å². The number of aromatic nitrogens is 4. The van der Waals surface area contributed by atoms with Gasteiger partial charge in [-0.05, 0) is 12.8 Å². The first-order valence-corrected chi connectivity index (χ1v) is 5.68. The summed E-state index contributed by atoms with van der Waals surface area (Å²) in [5.41, 5.74) is 0.121. The third kappa shape index (κ3) is 2.17. The first-order valence-electron chi connectivity index (χ1n) is 5.68. The van der Waals surface area contributed by atoms with Crippen molar-refractivity contribution in [2.45, 2.75) is 18.9 Å². The quantitative estimate of drug-likeness (QED) is 0.651. The van der Waals surface area contributed by atoms with Crippen LogP contribution in [0.4, 0.5) is 5.82 Å². The molecule has 0 atom stereocenters. The Morgan fingerprint density at radius 3 is 3.17 bits per heavy atom. The van der Waals surface area contributed by atoms with E-state index >= 15 is 0 Å². The lowest BCUT2D eigenvalue weighted by molar-refractivity contribution is -0.119. The standard InChI is InChI=1S/C10H12N6O2/c17-9(13-6-1-2-6)4-11-7-3-8-14-15-10(18)16(8)5-12-7/h3,5-6,11H,1-2,4H2,(H,13,17)(H,15,18). The van der Waals surface area contributed by atoms with Crippen LogP contribution in [0, 0.1) is 0 Å². The molecule has 0 unspecified atom stereocenters. The predicted molar refractivity (Wildman–Crippen MR) is 63.3 cm³/mol. The minimum Gasteiger partial charge on any atom is -0.361 e. The highest BCUT2D eigenvalue weighted by atomic mass is 16.2. The fourth-order valence-electron chi connectivity index (χ4n) is 1.58. The van der Waals surface area contributed by atoms with Crippen LogP contribution in [-0.4, -0.2) is 38.1 Å². The van der Waals surface area contributed by atoms with Gasteiger partial charge in [0.2, 0.25) is 5.91 Å². The molecule has 1 aliphatic carbocycles. The van der Waals surface area contributed by atoms with E-state index in [9.17, 15) is 9.59 Å². The molecule has 0 radical (unpaired) electrons. The van der Waals surface area contributed by atoms with Crippen molar-refractivity contribution >= 4 is 17.4 Å². The number of rotatable bonds is 4. The van der Waals surface area contributed by atoms with Crippen LogP contribution in [-0.2, 0) is 4.79 Å². The maximum absolute atomic E-state index is 11.5. The fourth-order valence-corrected chi connectivity index (χ4v) is 1.58. The van der Waals surface area contributed by atoms with E-state index in [-0.39, 0.29) is 18.1 Å². The van der Waals surface area contributed by atoms with Crippen LogP contribution >= 0.6 is 0 Å². The molecule has 2 heterocycles. The molecule has 0 bridgehead atoms. The Labute approximate surface area is 101 Å². The zero-order valence-electron chi connectivity index (χ0n) is 9.51. The molecular weight excluding hydrogens is 236 g/mol. The lowest BCUT2D eigenvalue weighted by atomic mass is 10.5. The maximum Gasteiger partial charge on any atom is 0.348 e. The second kappa shape index (κ2) is 4.13. The molecule has 8 heteroatoms. The van der Waals surface area contributed by atoms with Gasteiger partial charge in [0.15, 0.2) is 5.65 Å². The van der Waals surface area contributed by atoms with Gasteiger partial charge < -0.3 is 10.6 Å². The number of carbonyl (C=O) groups is 1. The fraction of sp³-hybridized carbons (Fsp3) is 0.400. The van der Waals surface area contributed by atoms with E-state index in [1.807, 2.05) is 0 Å². The van der Waals surface area contributed by atoms with Crippen molar-refractivity contribution in [1.29, 1.82) is 0 Å².